The molecule has 0 aliphatic carbocycles. The van der Waals surface area contributed by atoms with E-state index >= 15 is 0 Å². The quantitative estimate of drug-likeness (QED) is 0.632. The predicted octanol–water partition coefficient (Wildman–Crippen LogP) is 4.70. The van der Waals surface area contributed by atoms with E-state index in [1.165, 1.54) is 12.8 Å². The smallest absolute Gasteiger partial charge is 0.119 e. The number of ether oxygens (including phenoxy) is 1. The van der Waals surface area contributed by atoms with Crippen LogP contribution >= 0.6 is 11.6 Å². The van der Waals surface area contributed by atoms with E-state index < -0.39 is 0 Å². The highest BCUT2D eigenvalue weighted by Crippen LogP contribution is 2.22. The second-order valence-corrected chi connectivity index (χ2v) is 6.02. The van der Waals surface area contributed by atoms with Crippen LogP contribution in [0, 0.1) is 5.92 Å². The summed E-state index contributed by atoms with van der Waals surface area (Å²) in [5, 5.41) is 4.29. The molecule has 0 unspecified atom stereocenters. The topological polar surface area (TPSA) is 21.3 Å². The zero-order valence-corrected chi connectivity index (χ0v) is 13.8. The van der Waals surface area contributed by atoms with Crippen molar-refractivity contribution in [1.29, 1.82) is 0 Å². The van der Waals surface area contributed by atoms with Crippen LogP contribution < -0.4 is 10.1 Å². The summed E-state index contributed by atoms with van der Waals surface area (Å²) in [5.74, 6) is 1.67. The molecule has 1 rings (SSSR count). The highest BCUT2D eigenvalue weighted by molar-refractivity contribution is 6.31. The molecule has 0 saturated heterocycles. The fourth-order valence-corrected chi connectivity index (χ4v) is 2.27. The molecule has 0 fully saturated rings. The zero-order valence-electron chi connectivity index (χ0n) is 13.0. The van der Waals surface area contributed by atoms with Gasteiger partial charge in [-0.1, -0.05) is 32.4 Å². The van der Waals surface area contributed by atoms with Crippen LogP contribution in [0.4, 0.5) is 0 Å². The monoisotopic (exact) mass is 297 g/mol. The average Bonchev–Trinajstić information content (AvgIpc) is 2.43. The van der Waals surface area contributed by atoms with Crippen LogP contribution in [0.5, 0.6) is 5.75 Å². The molecule has 114 valence electrons. The predicted molar refractivity (Wildman–Crippen MR) is 87.9 cm³/mol. The van der Waals surface area contributed by atoms with Crippen LogP contribution in [0.25, 0.3) is 0 Å². The molecule has 0 aromatic heterocycles. The molecule has 20 heavy (non-hydrogen) atoms. The first-order valence-corrected chi connectivity index (χ1v) is 8.13. The summed E-state index contributed by atoms with van der Waals surface area (Å²) in [4.78, 5) is 0. The fourth-order valence-electron chi connectivity index (χ4n) is 2.02. The number of aryl methyl sites for hydroxylation is 1. The van der Waals surface area contributed by atoms with Crippen molar-refractivity contribution in [3.63, 3.8) is 0 Å². The molecular formula is C17H28ClNO. The third kappa shape index (κ3) is 7.16. The molecule has 3 heteroatoms. The lowest BCUT2D eigenvalue weighted by molar-refractivity contribution is 0.304. The van der Waals surface area contributed by atoms with Crippen LogP contribution in [0.2, 0.25) is 5.02 Å². The van der Waals surface area contributed by atoms with Crippen molar-refractivity contribution in [2.45, 2.75) is 46.5 Å². The molecule has 0 aliphatic rings. The summed E-state index contributed by atoms with van der Waals surface area (Å²) in [7, 11) is 0. The maximum Gasteiger partial charge on any atom is 0.119 e. The van der Waals surface area contributed by atoms with Gasteiger partial charge in [-0.3, -0.25) is 0 Å². The lowest BCUT2D eigenvalue weighted by Crippen LogP contribution is -2.20. The minimum Gasteiger partial charge on any atom is -0.494 e. The molecule has 0 heterocycles. The van der Waals surface area contributed by atoms with E-state index in [4.69, 9.17) is 16.3 Å². The van der Waals surface area contributed by atoms with Crippen molar-refractivity contribution >= 4 is 11.6 Å². The number of unbranched alkanes of at least 4 members (excludes halogenated alkanes) is 2. The minimum absolute atomic E-state index is 0.732. The van der Waals surface area contributed by atoms with Gasteiger partial charge in [-0.05, 0) is 68.5 Å². The van der Waals surface area contributed by atoms with Crippen molar-refractivity contribution in [2.24, 2.45) is 5.92 Å². The van der Waals surface area contributed by atoms with E-state index in [1.54, 1.807) is 0 Å². The van der Waals surface area contributed by atoms with E-state index in [2.05, 4.69) is 26.1 Å². The van der Waals surface area contributed by atoms with Gasteiger partial charge in [0.05, 0.1) is 6.61 Å². The van der Waals surface area contributed by atoms with Crippen molar-refractivity contribution in [2.75, 3.05) is 19.7 Å². The SMILES string of the molecule is CCc1cc(OCCCCCNCC(C)C)ccc1Cl. The van der Waals surface area contributed by atoms with Gasteiger partial charge in [0.1, 0.15) is 5.75 Å². The van der Waals surface area contributed by atoms with Crippen molar-refractivity contribution in [1.82, 2.24) is 5.32 Å². The number of hydrogen-bond acceptors (Lipinski definition) is 2. The molecule has 0 spiro atoms. The maximum absolute atomic E-state index is 6.09. The van der Waals surface area contributed by atoms with E-state index in [0.29, 0.717) is 0 Å². The van der Waals surface area contributed by atoms with Crippen LogP contribution in [0.3, 0.4) is 0 Å². The van der Waals surface area contributed by atoms with Gasteiger partial charge in [-0.15, -0.1) is 0 Å². The summed E-state index contributed by atoms with van der Waals surface area (Å²) in [6.07, 6.45) is 4.47. The standard InChI is InChI=1S/C17H28ClNO/c1-4-15-12-16(8-9-17(15)18)20-11-7-5-6-10-19-13-14(2)3/h8-9,12,14,19H,4-7,10-11,13H2,1-3H3. The zero-order chi connectivity index (χ0) is 14.8. The van der Waals surface area contributed by atoms with E-state index in [-0.39, 0.29) is 0 Å². The second kappa shape index (κ2) is 10.1. The van der Waals surface area contributed by atoms with Gasteiger partial charge >= 0.3 is 0 Å². The highest BCUT2D eigenvalue weighted by Gasteiger charge is 2.01. The Balaban J connectivity index is 2.09. The maximum atomic E-state index is 6.09. The molecule has 0 bridgehead atoms. The minimum atomic E-state index is 0.732. The number of rotatable bonds is 10. The first-order chi connectivity index (χ1) is 9.63. The van der Waals surface area contributed by atoms with Gasteiger partial charge in [-0.2, -0.15) is 0 Å². The molecule has 0 amide bonds. The molecule has 1 aromatic carbocycles. The third-order valence-corrected chi connectivity index (χ3v) is 3.59. The van der Waals surface area contributed by atoms with Crippen LogP contribution in [0.1, 0.15) is 45.6 Å². The Hall–Kier alpha value is -0.730. The first kappa shape index (κ1) is 17.3. The lowest BCUT2D eigenvalue weighted by atomic mass is 10.1. The normalized spacial score (nSPS) is 11.1. The summed E-state index contributed by atoms with van der Waals surface area (Å²) < 4.78 is 5.77. The Morgan fingerprint density at radius 3 is 2.70 bits per heavy atom. The summed E-state index contributed by atoms with van der Waals surface area (Å²) in [5.41, 5.74) is 1.15. The van der Waals surface area contributed by atoms with Gasteiger partial charge in [0.25, 0.3) is 0 Å². The Morgan fingerprint density at radius 1 is 1.20 bits per heavy atom. The van der Waals surface area contributed by atoms with E-state index in [9.17, 15) is 0 Å². The van der Waals surface area contributed by atoms with Crippen LogP contribution in [0.15, 0.2) is 18.2 Å². The van der Waals surface area contributed by atoms with Crippen molar-refractivity contribution < 1.29 is 4.74 Å². The number of nitrogens with one attached hydrogen (secondary N) is 1. The highest BCUT2D eigenvalue weighted by atomic mass is 35.5. The van der Waals surface area contributed by atoms with Gasteiger partial charge < -0.3 is 10.1 Å². The van der Waals surface area contributed by atoms with Crippen LogP contribution in [-0.2, 0) is 6.42 Å². The Bertz CT molecular complexity index is 379. The van der Waals surface area contributed by atoms with Crippen molar-refractivity contribution in [3.05, 3.63) is 28.8 Å². The summed E-state index contributed by atoms with van der Waals surface area (Å²) in [6, 6.07) is 5.92. The lowest BCUT2D eigenvalue weighted by Gasteiger charge is -2.09. The van der Waals surface area contributed by atoms with Gasteiger partial charge in [0, 0.05) is 5.02 Å². The molecule has 2 nitrogen and oxygen atoms in total. The number of halogens is 1. The first-order valence-electron chi connectivity index (χ1n) is 7.75. The van der Waals surface area contributed by atoms with Gasteiger partial charge in [0.15, 0.2) is 0 Å². The molecular weight excluding hydrogens is 270 g/mol. The molecule has 1 aromatic rings. The number of hydrogen-bond donors (Lipinski definition) is 1. The molecule has 0 saturated carbocycles. The fraction of sp³-hybridized carbons (Fsp3) is 0.647. The Kier molecular flexibility index (Phi) is 8.72. The van der Waals surface area contributed by atoms with Crippen molar-refractivity contribution in [3.8, 4) is 5.75 Å². The second-order valence-electron chi connectivity index (χ2n) is 5.61. The Morgan fingerprint density at radius 2 is 2.00 bits per heavy atom. The van der Waals surface area contributed by atoms with Gasteiger partial charge in [0.2, 0.25) is 0 Å². The average molecular weight is 298 g/mol. The third-order valence-electron chi connectivity index (χ3n) is 3.22. The molecule has 1 N–H and O–H groups in total. The van der Waals surface area contributed by atoms with E-state index in [0.717, 1.165) is 54.8 Å². The molecule has 0 atom stereocenters. The van der Waals surface area contributed by atoms with E-state index in [1.807, 2.05) is 18.2 Å². The summed E-state index contributed by atoms with van der Waals surface area (Å²) >= 11 is 6.09. The molecule has 0 radical (unpaired) electrons. The largest absolute Gasteiger partial charge is 0.494 e. The summed E-state index contributed by atoms with van der Waals surface area (Å²) in [6.45, 7) is 9.58. The van der Waals surface area contributed by atoms with Gasteiger partial charge in [-0.25, -0.2) is 0 Å². The molecule has 0 aliphatic heterocycles. The Labute approximate surface area is 128 Å². The number of benzene rings is 1. The van der Waals surface area contributed by atoms with Crippen LogP contribution in [-0.4, -0.2) is 19.7 Å².